The number of primary amides is 1. The summed E-state index contributed by atoms with van der Waals surface area (Å²) in [5.74, 6) is -4.79. The Morgan fingerprint density at radius 2 is 2.03 bits per heavy atom. The van der Waals surface area contributed by atoms with Crippen LogP contribution in [0.4, 0.5) is 26.7 Å². The first-order valence-electron chi connectivity index (χ1n) is 9.50. The van der Waals surface area contributed by atoms with Crippen LogP contribution in [0.15, 0.2) is 30.5 Å². The number of amides is 3. The standard InChI is InChI=1S/C20H18ClF5N4O3/c1-19(17(31)28-4-5-30(19)18(27)32)15(11-6-12(21)16(23)13(22)7-11)10-2-3-14(29-8-10)33-9-20(24,25)26/h2-3,6-8,15H,4-5,9H2,1H3,(H2,27,32)(H,28,31)/t15-,19?/m0/s1. The van der Waals surface area contributed by atoms with Crippen molar-refractivity contribution in [3.8, 4) is 5.88 Å². The minimum absolute atomic E-state index is 0.00969. The summed E-state index contributed by atoms with van der Waals surface area (Å²) in [6.07, 6.45) is -3.47. The summed E-state index contributed by atoms with van der Waals surface area (Å²) in [6.45, 7) is -0.0753. The topological polar surface area (TPSA) is 97.6 Å². The Morgan fingerprint density at radius 1 is 1.33 bits per heavy atom. The molecule has 0 bridgehead atoms. The Morgan fingerprint density at radius 3 is 2.58 bits per heavy atom. The molecule has 1 saturated heterocycles. The molecule has 33 heavy (non-hydrogen) atoms. The molecular formula is C20H18ClF5N4O3. The third-order valence-electron chi connectivity index (χ3n) is 5.29. The molecule has 3 rings (SSSR count). The van der Waals surface area contributed by atoms with Crippen LogP contribution in [0, 0.1) is 11.6 Å². The molecule has 13 heteroatoms. The van der Waals surface area contributed by atoms with Crippen LogP contribution in [0.5, 0.6) is 5.88 Å². The number of piperazine rings is 1. The van der Waals surface area contributed by atoms with E-state index in [1.54, 1.807) is 0 Å². The second-order valence-electron chi connectivity index (χ2n) is 7.46. The van der Waals surface area contributed by atoms with Crippen molar-refractivity contribution in [3.05, 3.63) is 58.2 Å². The number of urea groups is 1. The van der Waals surface area contributed by atoms with Gasteiger partial charge in [0.1, 0.15) is 5.54 Å². The largest absolute Gasteiger partial charge is 0.468 e. The van der Waals surface area contributed by atoms with E-state index in [-0.39, 0.29) is 30.1 Å². The third-order valence-corrected chi connectivity index (χ3v) is 5.56. The molecule has 1 aromatic carbocycles. The van der Waals surface area contributed by atoms with Crippen LogP contribution in [0.1, 0.15) is 24.0 Å². The summed E-state index contributed by atoms with van der Waals surface area (Å²) >= 11 is 5.82. The lowest BCUT2D eigenvalue weighted by Gasteiger charge is -2.47. The predicted molar refractivity (Wildman–Crippen MR) is 107 cm³/mol. The molecule has 1 unspecified atom stereocenters. The molecule has 1 aliphatic heterocycles. The van der Waals surface area contributed by atoms with Crippen molar-refractivity contribution in [2.75, 3.05) is 19.7 Å². The van der Waals surface area contributed by atoms with Gasteiger partial charge in [-0.3, -0.25) is 4.79 Å². The molecule has 3 amide bonds. The molecule has 0 aliphatic carbocycles. The van der Waals surface area contributed by atoms with Crippen LogP contribution in [0.2, 0.25) is 5.02 Å². The molecular weight excluding hydrogens is 475 g/mol. The maximum absolute atomic E-state index is 14.2. The fourth-order valence-electron chi connectivity index (χ4n) is 3.83. The Hall–Kier alpha value is -3.15. The lowest BCUT2D eigenvalue weighted by atomic mass is 9.74. The second-order valence-corrected chi connectivity index (χ2v) is 7.87. The SMILES string of the molecule is CC1([C@@H](c2ccc(OCC(F)(F)F)nc2)c2cc(F)c(F)c(Cl)c2)C(=O)NCCN1C(N)=O. The van der Waals surface area contributed by atoms with Crippen molar-refractivity contribution in [2.45, 2.75) is 24.6 Å². The summed E-state index contributed by atoms with van der Waals surface area (Å²) in [4.78, 5) is 30.1. The van der Waals surface area contributed by atoms with Crippen molar-refractivity contribution >= 4 is 23.5 Å². The molecule has 7 nitrogen and oxygen atoms in total. The van der Waals surface area contributed by atoms with Gasteiger partial charge >= 0.3 is 12.2 Å². The molecule has 178 valence electrons. The zero-order valence-electron chi connectivity index (χ0n) is 17.0. The van der Waals surface area contributed by atoms with Crippen LogP contribution in [0.25, 0.3) is 0 Å². The summed E-state index contributed by atoms with van der Waals surface area (Å²) < 4.78 is 69.9. The average molecular weight is 493 g/mol. The number of pyridine rings is 1. The van der Waals surface area contributed by atoms with Crippen molar-refractivity contribution in [1.82, 2.24) is 15.2 Å². The maximum atomic E-state index is 14.2. The fourth-order valence-corrected chi connectivity index (χ4v) is 4.04. The molecule has 0 saturated carbocycles. The van der Waals surface area contributed by atoms with Crippen molar-refractivity contribution < 1.29 is 36.3 Å². The molecule has 2 heterocycles. The molecule has 2 atom stereocenters. The number of hydrogen-bond donors (Lipinski definition) is 2. The summed E-state index contributed by atoms with van der Waals surface area (Å²) in [6, 6.07) is 3.38. The van der Waals surface area contributed by atoms with Gasteiger partial charge in [0.2, 0.25) is 11.8 Å². The lowest BCUT2D eigenvalue weighted by molar-refractivity contribution is -0.154. The highest BCUT2D eigenvalue weighted by Gasteiger charge is 2.51. The number of carbonyl (C=O) groups is 2. The number of nitrogens with one attached hydrogen (secondary N) is 1. The second kappa shape index (κ2) is 9.00. The van der Waals surface area contributed by atoms with E-state index in [2.05, 4.69) is 15.0 Å². The Labute approximate surface area is 189 Å². The van der Waals surface area contributed by atoms with Gasteiger partial charge in [0.25, 0.3) is 0 Å². The zero-order valence-corrected chi connectivity index (χ0v) is 17.8. The highest BCUT2D eigenvalue weighted by Crippen LogP contribution is 2.42. The first-order chi connectivity index (χ1) is 15.3. The van der Waals surface area contributed by atoms with Crippen LogP contribution in [-0.2, 0) is 4.79 Å². The number of benzene rings is 1. The van der Waals surface area contributed by atoms with Gasteiger partial charge in [-0.15, -0.1) is 0 Å². The van der Waals surface area contributed by atoms with Gasteiger partial charge in [0.15, 0.2) is 18.2 Å². The quantitative estimate of drug-likeness (QED) is 0.494. The Bertz CT molecular complexity index is 1040. The van der Waals surface area contributed by atoms with Crippen LogP contribution >= 0.6 is 11.6 Å². The van der Waals surface area contributed by atoms with Crippen molar-refractivity contribution in [1.29, 1.82) is 0 Å². The van der Waals surface area contributed by atoms with E-state index in [0.29, 0.717) is 0 Å². The Balaban J connectivity index is 2.14. The predicted octanol–water partition coefficient (Wildman–Crippen LogP) is 3.36. The number of rotatable bonds is 5. The smallest absolute Gasteiger partial charge is 0.422 e. The molecule has 1 fully saturated rings. The van der Waals surface area contributed by atoms with Gasteiger partial charge in [-0.1, -0.05) is 17.7 Å². The van der Waals surface area contributed by atoms with Crippen molar-refractivity contribution in [3.63, 3.8) is 0 Å². The summed E-state index contributed by atoms with van der Waals surface area (Å²) in [7, 11) is 0. The van der Waals surface area contributed by atoms with Crippen LogP contribution in [0.3, 0.4) is 0 Å². The zero-order chi connectivity index (χ0) is 24.6. The molecule has 1 aliphatic rings. The molecule has 2 aromatic rings. The number of alkyl halides is 3. The number of halogens is 6. The first-order valence-corrected chi connectivity index (χ1v) is 9.87. The third kappa shape index (κ3) is 4.95. The van der Waals surface area contributed by atoms with E-state index >= 15 is 0 Å². The molecule has 0 radical (unpaired) electrons. The molecule has 3 N–H and O–H groups in total. The Kier molecular flexibility index (Phi) is 6.68. The van der Waals surface area contributed by atoms with Gasteiger partial charge in [-0.2, -0.15) is 13.2 Å². The van der Waals surface area contributed by atoms with E-state index in [1.165, 1.54) is 13.0 Å². The summed E-state index contributed by atoms with van der Waals surface area (Å²) in [5, 5.41) is 2.04. The van der Waals surface area contributed by atoms with Gasteiger partial charge < -0.3 is 20.7 Å². The fraction of sp³-hybridized carbons (Fsp3) is 0.350. The van der Waals surface area contributed by atoms with Gasteiger partial charge in [-0.05, 0) is 30.2 Å². The van der Waals surface area contributed by atoms with Gasteiger partial charge in [0, 0.05) is 31.3 Å². The van der Waals surface area contributed by atoms with E-state index in [0.717, 1.165) is 29.3 Å². The highest BCUT2D eigenvalue weighted by molar-refractivity contribution is 6.30. The monoisotopic (exact) mass is 492 g/mol. The van der Waals surface area contributed by atoms with Crippen LogP contribution in [-0.4, -0.2) is 53.2 Å². The number of nitrogens with zero attached hydrogens (tertiary/aromatic N) is 2. The summed E-state index contributed by atoms with van der Waals surface area (Å²) in [5.41, 5.74) is 3.94. The normalized spacial score (nSPS) is 19.7. The highest BCUT2D eigenvalue weighted by atomic mass is 35.5. The van der Waals surface area contributed by atoms with E-state index in [1.807, 2.05) is 0 Å². The average Bonchev–Trinajstić information content (AvgIpc) is 2.73. The lowest BCUT2D eigenvalue weighted by Crippen LogP contribution is -2.68. The number of aromatic nitrogens is 1. The van der Waals surface area contributed by atoms with E-state index in [4.69, 9.17) is 17.3 Å². The number of hydrogen-bond acceptors (Lipinski definition) is 4. The maximum Gasteiger partial charge on any atom is 0.422 e. The first kappa shape index (κ1) is 24.5. The molecule has 0 spiro atoms. The van der Waals surface area contributed by atoms with Crippen molar-refractivity contribution in [2.24, 2.45) is 5.73 Å². The van der Waals surface area contributed by atoms with E-state index in [9.17, 15) is 31.5 Å². The number of nitrogens with two attached hydrogens (primary N) is 1. The van der Waals surface area contributed by atoms with Gasteiger partial charge in [0.05, 0.1) is 5.02 Å². The van der Waals surface area contributed by atoms with Gasteiger partial charge in [-0.25, -0.2) is 18.6 Å². The van der Waals surface area contributed by atoms with Crippen LogP contribution < -0.4 is 15.8 Å². The number of ether oxygens (including phenoxy) is 1. The number of carbonyl (C=O) groups excluding carboxylic acids is 2. The van der Waals surface area contributed by atoms with E-state index < -0.39 is 52.8 Å². The minimum atomic E-state index is -4.58. The minimum Gasteiger partial charge on any atom is -0.468 e. The molecule has 1 aromatic heterocycles.